The molecule has 1 aliphatic carbocycles. The second kappa shape index (κ2) is 6.58. The van der Waals surface area contributed by atoms with Crippen molar-refractivity contribution in [2.75, 3.05) is 13.1 Å². The van der Waals surface area contributed by atoms with Crippen molar-refractivity contribution in [3.63, 3.8) is 0 Å². The molecule has 1 aliphatic heterocycles. The molecule has 0 bridgehead atoms. The zero-order valence-corrected chi connectivity index (χ0v) is 13.7. The van der Waals surface area contributed by atoms with E-state index in [1.165, 1.54) is 38.8 Å². The maximum atomic E-state index is 3.77. The van der Waals surface area contributed by atoms with Crippen LogP contribution in [0.4, 0.5) is 0 Å². The lowest BCUT2D eigenvalue weighted by Gasteiger charge is -2.50. The van der Waals surface area contributed by atoms with Crippen molar-refractivity contribution in [2.45, 2.75) is 78.4 Å². The van der Waals surface area contributed by atoms with Gasteiger partial charge < -0.3 is 5.32 Å². The summed E-state index contributed by atoms with van der Waals surface area (Å²) in [5, 5.41) is 3.77. The number of piperazine rings is 1. The Morgan fingerprint density at radius 1 is 1.21 bits per heavy atom. The van der Waals surface area contributed by atoms with Crippen molar-refractivity contribution < 1.29 is 0 Å². The van der Waals surface area contributed by atoms with E-state index < -0.39 is 0 Å². The van der Waals surface area contributed by atoms with Gasteiger partial charge in [0, 0.05) is 31.2 Å². The van der Waals surface area contributed by atoms with Gasteiger partial charge in [-0.15, -0.1) is 0 Å². The fraction of sp³-hybridized carbons (Fsp3) is 1.00. The lowest BCUT2D eigenvalue weighted by atomic mass is 9.76. The van der Waals surface area contributed by atoms with Crippen molar-refractivity contribution in [1.29, 1.82) is 0 Å². The van der Waals surface area contributed by atoms with Crippen LogP contribution in [0.25, 0.3) is 0 Å². The maximum absolute atomic E-state index is 3.77. The van der Waals surface area contributed by atoms with Crippen LogP contribution in [0, 0.1) is 17.8 Å². The van der Waals surface area contributed by atoms with Crippen molar-refractivity contribution in [2.24, 2.45) is 17.8 Å². The zero-order chi connectivity index (χ0) is 14.0. The van der Waals surface area contributed by atoms with Crippen LogP contribution in [0.15, 0.2) is 0 Å². The third kappa shape index (κ3) is 3.33. The number of hydrogen-bond acceptors (Lipinski definition) is 2. The molecular formula is C17H34N2. The molecule has 0 radical (unpaired) electrons. The quantitative estimate of drug-likeness (QED) is 0.841. The van der Waals surface area contributed by atoms with Gasteiger partial charge >= 0.3 is 0 Å². The smallest absolute Gasteiger partial charge is 0.0221 e. The molecule has 2 rings (SSSR count). The van der Waals surface area contributed by atoms with Gasteiger partial charge in [-0.05, 0) is 30.6 Å². The van der Waals surface area contributed by atoms with E-state index in [9.17, 15) is 0 Å². The van der Waals surface area contributed by atoms with Crippen molar-refractivity contribution in [1.82, 2.24) is 10.2 Å². The van der Waals surface area contributed by atoms with Gasteiger partial charge in [-0.3, -0.25) is 4.90 Å². The Morgan fingerprint density at radius 3 is 2.58 bits per heavy atom. The predicted molar refractivity (Wildman–Crippen MR) is 83.4 cm³/mol. The second-order valence-corrected chi connectivity index (χ2v) is 7.35. The van der Waals surface area contributed by atoms with Crippen LogP contribution in [-0.4, -0.2) is 36.1 Å². The first-order valence-electron chi connectivity index (χ1n) is 8.53. The summed E-state index contributed by atoms with van der Waals surface area (Å²) in [5.41, 5.74) is 0. The van der Waals surface area contributed by atoms with Gasteiger partial charge in [0.25, 0.3) is 0 Å². The van der Waals surface area contributed by atoms with Gasteiger partial charge in [0.2, 0.25) is 0 Å². The standard InChI is InChI=1S/C17H34N2/c1-6-15-10-18-16(12(2)3)11-19(15)17-9-7-8-13(4)14(17)5/h12-18H,6-11H2,1-5H3. The Hall–Kier alpha value is -0.0800. The Bertz CT molecular complexity index is 276. The van der Waals surface area contributed by atoms with E-state index in [2.05, 4.69) is 44.8 Å². The van der Waals surface area contributed by atoms with Gasteiger partial charge in [0.05, 0.1) is 0 Å². The van der Waals surface area contributed by atoms with E-state index in [0.29, 0.717) is 6.04 Å². The normalized spacial score (nSPS) is 41.7. The molecule has 0 aromatic heterocycles. The zero-order valence-electron chi connectivity index (χ0n) is 13.7. The summed E-state index contributed by atoms with van der Waals surface area (Å²) in [7, 11) is 0. The SMILES string of the molecule is CCC1CNC(C(C)C)CN1C1CCCC(C)C1C. The molecule has 2 aliphatic rings. The number of hydrogen-bond donors (Lipinski definition) is 1. The molecule has 5 unspecified atom stereocenters. The van der Waals surface area contributed by atoms with Gasteiger partial charge in [0.15, 0.2) is 0 Å². The molecule has 0 aromatic carbocycles. The topological polar surface area (TPSA) is 15.3 Å². The molecule has 1 saturated heterocycles. The molecule has 2 fully saturated rings. The third-order valence-corrected chi connectivity index (χ3v) is 5.86. The lowest BCUT2D eigenvalue weighted by Crippen LogP contribution is -2.62. The Labute approximate surface area is 120 Å². The van der Waals surface area contributed by atoms with Gasteiger partial charge in [-0.1, -0.05) is 47.5 Å². The Morgan fingerprint density at radius 2 is 1.95 bits per heavy atom. The van der Waals surface area contributed by atoms with Crippen LogP contribution in [-0.2, 0) is 0 Å². The summed E-state index contributed by atoms with van der Waals surface area (Å²) < 4.78 is 0. The Kier molecular flexibility index (Phi) is 5.30. The van der Waals surface area contributed by atoms with E-state index in [4.69, 9.17) is 0 Å². The minimum Gasteiger partial charge on any atom is -0.311 e. The van der Waals surface area contributed by atoms with Crippen LogP contribution >= 0.6 is 0 Å². The molecule has 0 aromatic rings. The summed E-state index contributed by atoms with van der Waals surface area (Å²) in [6.07, 6.45) is 5.58. The largest absolute Gasteiger partial charge is 0.311 e. The molecule has 2 heteroatoms. The highest BCUT2D eigenvalue weighted by atomic mass is 15.3. The molecular weight excluding hydrogens is 232 g/mol. The molecule has 19 heavy (non-hydrogen) atoms. The van der Waals surface area contributed by atoms with Crippen LogP contribution in [0.3, 0.4) is 0 Å². The van der Waals surface area contributed by atoms with Crippen molar-refractivity contribution in [3.8, 4) is 0 Å². The molecule has 1 N–H and O–H groups in total. The van der Waals surface area contributed by atoms with Gasteiger partial charge in [-0.2, -0.15) is 0 Å². The van der Waals surface area contributed by atoms with Crippen LogP contribution < -0.4 is 5.32 Å². The molecule has 5 atom stereocenters. The first-order chi connectivity index (χ1) is 9.04. The van der Waals surface area contributed by atoms with Gasteiger partial charge in [0.1, 0.15) is 0 Å². The predicted octanol–water partition coefficient (Wildman–Crippen LogP) is 3.52. The fourth-order valence-electron chi connectivity index (χ4n) is 4.10. The van der Waals surface area contributed by atoms with Crippen molar-refractivity contribution in [3.05, 3.63) is 0 Å². The monoisotopic (exact) mass is 266 g/mol. The average molecular weight is 266 g/mol. The summed E-state index contributed by atoms with van der Waals surface area (Å²) >= 11 is 0. The number of nitrogens with one attached hydrogen (secondary N) is 1. The molecule has 1 saturated carbocycles. The van der Waals surface area contributed by atoms with E-state index >= 15 is 0 Å². The fourth-order valence-corrected chi connectivity index (χ4v) is 4.10. The first kappa shape index (κ1) is 15.3. The molecule has 112 valence electrons. The summed E-state index contributed by atoms with van der Waals surface area (Å²) in [5.74, 6) is 2.52. The minimum atomic E-state index is 0.687. The summed E-state index contributed by atoms with van der Waals surface area (Å²) in [6, 6.07) is 2.28. The maximum Gasteiger partial charge on any atom is 0.0221 e. The number of nitrogens with zero attached hydrogens (tertiary/aromatic N) is 1. The Balaban J connectivity index is 2.08. The van der Waals surface area contributed by atoms with E-state index in [0.717, 1.165) is 29.8 Å². The highest BCUT2D eigenvalue weighted by Crippen LogP contribution is 2.35. The summed E-state index contributed by atoms with van der Waals surface area (Å²) in [4.78, 5) is 2.88. The third-order valence-electron chi connectivity index (χ3n) is 5.86. The summed E-state index contributed by atoms with van der Waals surface area (Å²) in [6.45, 7) is 14.5. The molecule has 0 spiro atoms. The van der Waals surface area contributed by atoms with Gasteiger partial charge in [-0.25, -0.2) is 0 Å². The van der Waals surface area contributed by atoms with Crippen molar-refractivity contribution >= 4 is 0 Å². The molecule has 1 heterocycles. The minimum absolute atomic E-state index is 0.687. The highest BCUT2D eigenvalue weighted by molar-refractivity contribution is 4.94. The highest BCUT2D eigenvalue weighted by Gasteiger charge is 2.38. The average Bonchev–Trinajstić information content (AvgIpc) is 2.41. The van der Waals surface area contributed by atoms with E-state index in [1.54, 1.807) is 0 Å². The lowest BCUT2D eigenvalue weighted by molar-refractivity contribution is 0.0104. The second-order valence-electron chi connectivity index (χ2n) is 7.35. The van der Waals surface area contributed by atoms with Crippen LogP contribution in [0.2, 0.25) is 0 Å². The van der Waals surface area contributed by atoms with Crippen LogP contribution in [0.5, 0.6) is 0 Å². The van der Waals surface area contributed by atoms with E-state index in [-0.39, 0.29) is 0 Å². The first-order valence-corrected chi connectivity index (χ1v) is 8.53. The number of rotatable bonds is 3. The van der Waals surface area contributed by atoms with E-state index in [1.807, 2.05) is 0 Å². The molecule has 0 amide bonds. The van der Waals surface area contributed by atoms with Crippen LogP contribution in [0.1, 0.15) is 60.3 Å². The molecule has 2 nitrogen and oxygen atoms in total.